The van der Waals surface area contributed by atoms with Crippen molar-refractivity contribution in [2.45, 2.75) is 6.42 Å². The molecule has 2 aromatic rings. The Morgan fingerprint density at radius 3 is 2.94 bits per heavy atom. The first-order chi connectivity index (χ1) is 8.69. The minimum absolute atomic E-state index is 0.394. The first-order valence-corrected chi connectivity index (χ1v) is 6.97. The van der Waals surface area contributed by atoms with E-state index in [1.165, 1.54) is 11.2 Å². The first-order valence-electron chi connectivity index (χ1n) is 5.36. The van der Waals surface area contributed by atoms with Crippen molar-refractivity contribution in [3.63, 3.8) is 0 Å². The fourth-order valence-electron chi connectivity index (χ4n) is 1.50. The summed E-state index contributed by atoms with van der Waals surface area (Å²) in [7, 11) is 1.96. The van der Waals surface area contributed by atoms with E-state index < -0.39 is 0 Å². The fourth-order valence-corrected chi connectivity index (χ4v) is 2.97. The number of anilines is 1. The number of nitrogens with zero attached hydrogens (tertiary/aromatic N) is 4. The number of hydrogen-bond acceptors (Lipinski definition) is 5. The molecule has 0 N–H and O–H groups in total. The van der Waals surface area contributed by atoms with Gasteiger partial charge in [-0.2, -0.15) is 5.26 Å². The van der Waals surface area contributed by atoms with Crippen LogP contribution in [0.3, 0.4) is 0 Å². The summed E-state index contributed by atoms with van der Waals surface area (Å²) >= 11 is 5.19. The average molecular weight is 323 g/mol. The van der Waals surface area contributed by atoms with Crippen LogP contribution in [0.5, 0.6) is 0 Å². The van der Waals surface area contributed by atoms with Crippen LogP contribution in [0, 0.1) is 11.3 Å². The van der Waals surface area contributed by atoms with Gasteiger partial charge in [0.1, 0.15) is 23.9 Å². The Labute approximate surface area is 118 Å². The molecule has 0 fully saturated rings. The molecule has 0 unspecified atom stereocenters. The highest BCUT2D eigenvalue weighted by Crippen LogP contribution is 2.22. The number of halogens is 1. The third-order valence-electron chi connectivity index (χ3n) is 2.48. The van der Waals surface area contributed by atoms with E-state index in [1.807, 2.05) is 18.0 Å². The molecule has 18 heavy (non-hydrogen) atoms. The molecule has 0 aliphatic rings. The van der Waals surface area contributed by atoms with Crippen molar-refractivity contribution >= 4 is 33.1 Å². The molecule has 92 valence electrons. The van der Waals surface area contributed by atoms with E-state index in [4.69, 9.17) is 5.26 Å². The van der Waals surface area contributed by atoms with Gasteiger partial charge < -0.3 is 4.90 Å². The Bertz CT molecular complexity index is 575. The number of nitriles is 1. The molecular weight excluding hydrogens is 312 g/mol. The Hall–Kier alpha value is -1.45. The number of thiophene rings is 1. The van der Waals surface area contributed by atoms with E-state index in [0.717, 1.165) is 22.6 Å². The van der Waals surface area contributed by atoms with Crippen molar-refractivity contribution in [3.05, 3.63) is 38.9 Å². The molecule has 0 amide bonds. The summed E-state index contributed by atoms with van der Waals surface area (Å²) in [5.41, 5.74) is 0.394. The van der Waals surface area contributed by atoms with Crippen LogP contribution in [0.4, 0.5) is 5.82 Å². The average Bonchev–Trinajstić information content (AvgIpc) is 2.82. The summed E-state index contributed by atoms with van der Waals surface area (Å²) in [6.07, 6.45) is 2.38. The van der Waals surface area contributed by atoms with E-state index in [9.17, 15) is 0 Å². The topological polar surface area (TPSA) is 52.8 Å². The van der Waals surface area contributed by atoms with Crippen LogP contribution in [0.1, 0.15) is 10.6 Å². The lowest BCUT2D eigenvalue weighted by molar-refractivity contribution is 0.863. The second-order valence-electron chi connectivity index (χ2n) is 3.75. The van der Waals surface area contributed by atoms with Crippen LogP contribution in [-0.2, 0) is 6.42 Å². The van der Waals surface area contributed by atoms with Crippen molar-refractivity contribution in [3.8, 4) is 6.07 Å². The standard InChI is InChI=1S/C12H11BrN4S/c1-17(5-4-10-2-3-11(13)18-10)12-6-9(7-14)15-8-16-12/h2-3,6,8H,4-5H2,1H3. The van der Waals surface area contributed by atoms with Crippen LogP contribution < -0.4 is 4.90 Å². The third-order valence-corrected chi connectivity index (χ3v) is 4.16. The monoisotopic (exact) mass is 322 g/mol. The number of hydrogen-bond donors (Lipinski definition) is 0. The van der Waals surface area contributed by atoms with Crippen LogP contribution >= 0.6 is 27.3 Å². The van der Waals surface area contributed by atoms with Gasteiger partial charge in [0.05, 0.1) is 3.79 Å². The van der Waals surface area contributed by atoms with Crippen molar-refractivity contribution in [2.75, 3.05) is 18.5 Å². The summed E-state index contributed by atoms with van der Waals surface area (Å²) in [4.78, 5) is 11.4. The molecule has 0 aliphatic heterocycles. The fraction of sp³-hybridized carbons (Fsp3) is 0.250. The number of aromatic nitrogens is 2. The second kappa shape index (κ2) is 5.94. The van der Waals surface area contributed by atoms with Gasteiger partial charge in [-0.05, 0) is 34.5 Å². The molecule has 2 aromatic heterocycles. The van der Waals surface area contributed by atoms with E-state index >= 15 is 0 Å². The van der Waals surface area contributed by atoms with Gasteiger partial charge in [0.2, 0.25) is 0 Å². The SMILES string of the molecule is CN(CCc1ccc(Br)s1)c1cc(C#N)ncn1. The largest absolute Gasteiger partial charge is 0.359 e. The maximum atomic E-state index is 8.79. The van der Waals surface area contributed by atoms with Crippen LogP contribution in [0.15, 0.2) is 28.3 Å². The molecule has 0 aliphatic carbocycles. The molecule has 0 spiro atoms. The van der Waals surface area contributed by atoms with Crippen LogP contribution in [-0.4, -0.2) is 23.6 Å². The summed E-state index contributed by atoms with van der Waals surface area (Å²) in [5, 5.41) is 8.79. The molecule has 6 heteroatoms. The zero-order valence-corrected chi connectivity index (χ0v) is 12.2. The molecule has 0 radical (unpaired) electrons. The maximum absolute atomic E-state index is 8.79. The summed E-state index contributed by atoms with van der Waals surface area (Å²) in [6, 6.07) is 7.88. The number of likely N-dealkylation sites (N-methyl/N-ethyl adjacent to an activating group) is 1. The van der Waals surface area contributed by atoms with E-state index in [0.29, 0.717) is 5.69 Å². The lowest BCUT2D eigenvalue weighted by Gasteiger charge is -2.17. The molecule has 2 heterocycles. The summed E-state index contributed by atoms with van der Waals surface area (Å²) < 4.78 is 1.15. The Morgan fingerprint density at radius 2 is 2.28 bits per heavy atom. The molecule has 0 saturated heterocycles. The Morgan fingerprint density at radius 1 is 1.44 bits per heavy atom. The van der Waals surface area contributed by atoms with E-state index in [-0.39, 0.29) is 0 Å². The molecule has 0 saturated carbocycles. The molecule has 4 nitrogen and oxygen atoms in total. The van der Waals surface area contributed by atoms with Crippen LogP contribution in [0.25, 0.3) is 0 Å². The second-order valence-corrected chi connectivity index (χ2v) is 6.30. The number of rotatable bonds is 4. The zero-order valence-electron chi connectivity index (χ0n) is 9.80. The summed E-state index contributed by atoms with van der Waals surface area (Å²) in [5.74, 6) is 0.775. The maximum Gasteiger partial charge on any atom is 0.145 e. The predicted octanol–water partition coefficient (Wildman–Crippen LogP) is 2.85. The highest BCUT2D eigenvalue weighted by atomic mass is 79.9. The molecular formula is C12H11BrN4S. The molecule has 0 atom stereocenters. The smallest absolute Gasteiger partial charge is 0.145 e. The van der Waals surface area contributed by atoms with E-state index in [2.05, 4.69) is 38.0 Å². The highest BCUT2D eigenvalue weighted by Gasteiger charge is 2.05. The quantitative estimate of drug-likeness (QED) is 0.868. The van der Waals surface area contributed by atoms with Crippen LogP contribution in [0.2, 0.25) is 0 Å². The van der Waals surface area contributed by atoms with Gasteiger partial charge in [0, 0.05) is 24.5 Å². The predicted molar refractivity (Wildman–Crippen MR) is 75.7 cm³/mol. The van der Waals surface area contributed by atoms with E-state index in [1.54, 1.807) is 17.4 Å². The van der Waals surface area contributed by atoms with Gasteiger partial charge in [-0.3, -0.25) is 0 Å². The summed E-state index contributed by atoms with van der Waals surface area (Å²) in [6.45, 7) is 0.856. The zero-order chi connectivity index (χ0) is 13.0. The molecule has 0 aromatic carbocycles. The molecule has 0 bridgehead atoms. The Kier molecular flexibility index (Phi) is 4.28. The first kappa shape index (κ1) is 13.0. The van der Waals surface area contributed by atoms with Gasteiger partial charge in [-0.15, -0.1) is 11.3 Å². The van der Waals surface area contributed by atoms with Gasteiger partial charge in [-0.1, -0.05) is 0 Å². The van der Waals surface area contributed by atoms with Gasteiger partial charge >= 0.3 is 0 Å². The molecule has 2 rings (SSSR count). The van der Waals surface area contributed by atoms with Crippen molar-refractivity contribution < 1.29 is 0 Å². The normalized spacial score (nSPS) is 10.1. The highest BCUT2D eigenvalue weighted by molar-refractivity contribution is 9.11. The van der Waals surface area contributed by atoms with Gasteiger partial charge in [0.25, 0.3) is 0 Å². The lowest BCUT2D eigenvalue weighted by Crippen LogP contribution is -2.21. The van der Waals surface area contributed by atoms with Crippen molar-refractivity contribution in [2.24, 2.45) is 0 Å². The lowest BCUT2D eigenvalue weighted by atomic mass is 10.3. The van der Waals surface area contributed by atoms with Crippen molar-refractivity contribution in [1.29, 1.82) is 5.26 Å². The van der Waals surface area contributed by atoms with Crippen molar-refractivity contribution in [1.82, 2.24) is 9.97 Å². The van der Waals surface area contributed by atoms with Gasteiger partial charge in [0.15, 0.2) is 0 Å². The third kappa shape index (κ3) is 3.28. The Balaban J connectivity index is 1.99. The van der Waals surface area contributed by atoms with Gasteiger partial charge in [-0.25, -0.2) is 9.97 Å². The minimum atomic E-state index is 0.394. The minimum Gasteiger partial charge on any atom is -0.359 e.